The topological polar surface area (TPSA) is 61.8 Å². The second-order valence-electron chi connectivity index (χ2n) is 7.50. The van der Waals surface area contributed by atoms with Gasteiger partial charge in [-0.25, -0.2) is 8.42 Å². The summed E-state index contributed by atoms with van der Waals surface area (Å²) >= 11 is 0. The Morgan fingerprint density at radius 3 is 2.38 bits per heavy atom. The Morgan fingerprint density at radius 1 is 1.24 bits per heavy atom. The van der Waals surface area contributed by atoms with Gasteiger partial charge >= 0.3 is 0 Å². The van der Waals surface area contributed by atoms with Gasteiger partial charge in [0.15, 0.2) is 5.96 Å². The Hall–Kier alpha value is -0.780. The first-order valence-electron chi connectivity index (χ1n) is 7.99. The molecule has 0 atom stereocenters. The van der Waals surface area contributed by atoms with Gasteiger partial charge in [-0.05, 0) is 37.5 Å². The summed E-state index contributed by atoms with van der Waals surface area (Å²) in [5.74, 6) is 1.26. The molecule has 0 aromatic carbocycles. The lowest BCUT2D eigenvalue weighted by Crippen LogP contribution is -2.45. The van der Waals surface area contributed by atoms with Crippen LogP contribution < -0.4 is 5.32 Å². The van der Waals surface area contributed by atoms with Crippen LogP contribution >= 0.6 is 0 Å². The van der Waals surface area contributed by atoms with Crippen LogP contribution in [0.3, 0.4) is 0 Å². The van der Waals surface area contributed by atoms with E-state index in [0.29, 0.717) is 11.2 Å². The third-order valence-electron chi connectivity index (χ3n) is 5.51. The molecular formula is C15H27N3O2S. The number of nitrogens with zero attached hydrogens (tertiary/aromatic N) is 2. The van der Waals surface area contributed by atoms with Crippen LogP contribution in [0.5, 0.6) is 0 Å². The van der Waals surface area contributed by atoms with E-state index in [1.165, 1.54) is 31.9 Å². The molecule has 0 radical (unpaired) electrons. The van der Waals surface area contributed by atoms with Gasteiger partial charge in [-0.3, -0.25) is 4.99 Å². The smallest absolute Gasteiger partial charge is 0.193 e. The molecule has 5 nitrogen and oxygen atoms in total. The van der Waals surface area contributed by atoms with Crippen LogP contribution in [0.1, 0.15) is 38.5 Å². The zero-order valence-corrected chi connectivity index (χ0v) is 14.0. The molecule has 3 fully saturated rings. The Labute approximate surface area is 128 Å². The molecule has 0 aromatic heterocycles. The number of nitrogens with one attached hydrogen (secondary N) is 1. The molecular weight excluding hydrogens is 286 g/mol. The fraction of sp³-hybridized carbons (Fsp3) is 0.933. The molecule has 3 aliphatic rings. The molecule has 0 unspecified atom stereocenters. The van der Waals surface area contributed by atoms with E-state index in [9.17, 15) is 8.42 Å². The highest BCUT2D eigenvalue weighted by molar-refractivity contribution is 7.90. The molecule has 1 heterocycles. The summed E-state index contributed by atoms with van der Waals surface area (Å²) < 4.78 is 23.0. The largest absolute Gasteiger partial charge is 0.356 e. The van der Waals surface area contributed by atoms with Gasteiger partial charge < -0.3 is 10.2 Å². The molecule has 2 saturated carbocycles. The van der Waals surface area contributed by atoms with Crippen LogP contribution in [0.2, 0.25) is 0 Å². The fourth-order valence-corrected chi connectivity index (χ4v) is 5.41. The van der Waals surface area contributed by atoms with Crippen molar-refractivity contribution in [2.24, 2.45) is 15.8 Å². The van der Waals surface area contributed by atoms with Crippen molar-refractivity contribution >= 4 is 15.8 Å². The van der Waals surface area contributed by atoms with E-state index in [1.54, 1.807) is 0 Å². The number of hydrogen-bond donors (Lipinski definition) is 1. The van der Waals surface area contributed by atoms with Crippen molar-refractivity contribution in [1.82, 2.24) is 10.2 Å². The lowest BCUT2D eigenvalue weighted by molar-refractivity contribution is 0.151. The zero-order chi connectivity index (χ0) is 15.1. The maximum absolute atomic E-state index is 11.5. The molecule has 120 valence electrons. The summed E-state index contributed by atoms with van der Waals surface area (Å²) in [5.41, 5.74) is 0.513. The Kier molecular flexibility index (Phi) is 3.71. The predicted molar refractivity (Wildman–Crippen MR) is 85.2 cm³/mol. The molecule has 0 amide bonds. The highest BCUT2D eigenvalue weighted by Crippen LogP contribution is 2.48. The van der Waals surface area contributed by atoms with Crippen molar-refractivity contribution in [3.8, 4) is 0 Å². The lowest BCUT2D eigenvalue weighted by Gasteiger charge is -2.38. The summed E-state index contributed by atoms with van der Waals surface area (Å²) in [4.78, 5) is 6.76. The number of hydrogen-bond acceptors (Lipinski definition) is 3. The van der Waals surface area contributed by atoms with Crippen molar-refractivity contribution in [1.29, 1.82) is 0 Å². The molecule has 1 N–H and O–H groups in total. The molecule has 1 aliphatic heterocycles. The zero-order valence-electron chi connectivity index (χ0n) is 13.2. The van der Waals surface area contributed by atoms with Crippen LogP contribution in [0, 0.1) is 10.8 Å². The minimum atomic E-state index is -2.90. The maximum Gasteiger partial charge on any atom is 0.193 e. The van der Waals surface area contributed by atoms with Gasteiger partial charge in [0.1, 0.15) is 9.84 Å². The number of likely N-dealkylation sites (tertiary alicyclic amines) is 1. The molecule has 2 aliphatic carbocycles. The highest BCUT2D eigenvalue weighted by atomic mass is 32.2. The van der Waals surface area contributed by atoms with Gasteiger partial charge in [0.25, 0.3) is 0 Å². The Balaban J connectivity index is 1.54. The second-order valence-corrected chi connectivity index (χ2v) is 9.64. The quantitative estimate of drug-likeness (QED) is 0.627. The van der Waals surface area contributed by atoms with Gasteiger partial charge in [0.2, 0.25) is 0 Å². The van der Waals surface area contributed by atoms with Crippen LogP contribution in [-0.4, -0.2) is 58.0 Å². The molecule has 0 aromatic rings. The third kappa shape index (κ3) is 3.35. The normalized spacial score (nSPS) is 26.8. The van der Waals surface area contributed by atoms with Gasteiger partial charge in [-0.1, -0.05) is 6.42 Å². The predicted octanol–water partition coefficient (Wildman–Crippen LogP) is 1.26. The summed E-state index contributed by atoms with van der Waals surface area (Å²) in [6.45, 7) is 2.93. The van der Waals surface area contributed by atoms with Crippen molar-refractivity contribution < 1.29 is 8.42 Å². The van der Waals surface area contributed by atoms with E-state index in [-0.39, 0.29) is 5.41 Å². The van der Waals surface area contributed by atoms with E-state index < -0.39 is 9.84 Å². The number of sulfone groups is 1. The van der Waals surface area contributed by atoms with Crippen LogP contribution in [0.25, 0.3) is 0 Å². The summed E-state index contributed by atoms with van der Waals surface area (Å²) in [7, 11) is -1.08. The molecule has 0 bridgehead atoms. The summed E-state index contributed by atoms with van der Waals surface area (Å²) in [6, 6.07) is 0. The van der Waals surface area contributed by atoms with Crippen molar-refractivity contribution in [2.75, 3.05) is 38.7 Å². The van der Waals surface area contributed by atoms with Crippen LogP contribution in [0.15, 0.2) is 4.99 Å². The summed E-state index contributed by atoms with van der Waals surface area (Å²) in [6.07, 6.45) is 8.72. The van der Waals surface area contributed by atoms with Crippen LogP contribution in [-0.2, 0) is 9.84 Å². The monoisotopic (exact) mass is 313 g/mol. The fourth-order valence-electron chi connectivity index (χ4n) is 3.90. The molecule has 1 saturated heterocycles. The van der Waals surface area contributed by atoms with Gasteiger partial charge in [0.05, 0.1) is 5.75 Å². The van der Waals surface area contributed by atoms with Gasteiger partial charge in [-0.15, -0.1) is 0 Å². The first-order chi connectivity index (χ1) is 9.86. The molecule has 3 rings (SSSR count). The number of guanidine groups is 1. The van der Waals surface area contributed by atoms with Crippen LogP contribution in [0.4, 0.5) is 0 Å². The van der Waals surface area contributed by atoms with Gasteiger partial charge in [-0.2, -0.15) is 0 Å². The summed E-state index contributed by atoms with van der Waals surface area (Å²) in [5, 5.41) is 3.43. The SMILES string of the molecule is CN=C(NCC1(CS(C)(=O)=O)CC1)N1CCC2(CCC2)C1. The van der Waals surface area contributed by atoms with Crippen molar-refractivity contribution in [3.05, 3.63) is 0 Å². The standard InChI is InChI=1S/C15H27N3O2S/c1-16-13(18-9-8-14(11-18)4-3-5-14)17-10-15(6-7-15)12-21(2,19)20/h3-12H2,1-2H3,(H,16,17). The highest BCUT2D eigenvalue weighted by Gasteiger charge is 2.46. The van der Waals surface area contributed by atoms with Gasteiger partial charge in [0, 0.05) is 38.4 Å². The van der Waals surface area contributed by atoms with Crippen molar-refractivity contribution in [2.45, 2.75) is 38.5 Å². The van der Waals surface area contributed by atoms with E-state index in [1.807, 2.05) is 7.05 Å². The van der Waals surface area contributed by atoms with E-state index in [2.05, 4.69) is 15.2 Å². The number of aliphatic imine (C=N–C) groups is 1. The average molecular weight is 313 g/mol. The Bertz CT molecular complexity index is 533. The Morgan fingerprint density at radius 2 is 1.95 bits per heavy atom. The molecule has 21 heavy (non-hydrogen) atoms. The molecule has 6 heteroatoms. The molecule has 1 spiro atoms. The first-order valence-corrected chi connectivity index (χ1v) is 10.0. The van der Waals surface area contributed by atoms with Crippen molar-refractivity contribution in [3.63, 3.8) is 0 Å². The second kappa shape index (κ2) is 5.14. The lowest BCUT2D eigenvalue weighted by atomic mass is 9.68. The minimum absolute atomic E-state index is 0.0442. The minimum Gasteiger partial charge on any atom is -0.356 e. The number of rotatable bonds is 4. The van der Waals surface area contributed by atoms with E-state index in [0.717, 1.165) is 38.4 Å². The first kappa shape index (κ1) is 15.1. The third-order valence-corrected chi connectivity index (χ3v) is 6.65. The average Bonchev–Trinajstić information content (AvgIpc) is 2.94. The van der Waals surface area contributed by atoms with E-state index >= 15 is 0 Å². The maximum atomic E-state index is 11.5. The van der Waals surface area contributed by atoms with E-state index in [4.69, 9.17) is 0 Å².